The molecule has 0 fully saturated rings. The van der Waals surface area contributed by atoms with Crippen molar-refractivity contribution in [1.29, 1.82) is 0 Å². The largest absolute Gasteiger partial charge is 0.546 e. The van der Waals surface area contributed by atoms with Gasteiger partial charge in [-0.05, 0) is 13.8 Å². The molecule has 0 bridgehead atoms. The van der Waals surface area contributed by atoms with Crippen LogP contribution in [-0.2, 0) is 14.3 Å². The van der Waals surface area contributed by atoms with E-state index in [1.54, 1.807) is 0 Å². The molecule has 0 heterocycles. The molecule has 0 amide bonds. The van der Waals surface area contributed by atoms with Gasteiger partial charge in [-0.15, -0.1) is 0 Å². The molecule has 0 rings (SSSR count). The summed E-state index contributed by atoms with van der Waals surface area (Å²) in [6.07, 6.45) is 0. The van der Waals surface area contributed by atoms with Crippen LogP contribution < -0.4 is 5.11 Å². The van der Waals surface area contributed by atoms with Gasteiger partial charge in [0.1, 0.15) is 10.9 Å². The highest BCUT2D eigenvalue weighted by molar-refractivity contribution is 9.09. The van der Waals surface area contributed by atoms with Crippen LogP contribution in [0.3, 0.4) is 0 Å². The molecule has 64 valence electrons. The van der Waals surface area contributed by atoms with E-state index in [0.29, 0.717) is 0 Å². The minimum Gasteiger partial charge on any atom is -0.546 e. The summed E-state index contributed by atoms with van der Waals surface area (Å²) < 4.78 is 4.50. The predicted molar refractivity (Wildman–Crippen MR) is 39.0 cm³/mol. The average molecular weight is 224 g/mol. The summed E-state index contributed by atoms with van der Waals surface area (Å²) >= 11 is 2.83. The summed E-state index contributed by atoms with van der Waals surface area (Å²) in [6, 6.07) is 0. The molecule has 0 aromatic heterocycles. The highest BCUT2D eigenvalue weighted by Gasteiger charge is 2.23. The fraction of sp³-hybridized carbons (Fsp3) is 0.667. The standard InChI is InChI=1S/C6H9BrO4/c1-6(2,5(9)10)11-4(8)3-7/h3H2,1-2H3,(H,9,10)/p-1. The normalized spacial score (nSPS) is 10.8. The van der Waals surface area contributed by atoms with Crippen molar-refractivity contribution in [3.05, 3.63) is 0 Å². The quantitative estimate of drug-likeness (QED) is 0.476. The van der Waals surface area contributed by atoms with E-state index in [-0.39, 0.29) is 5.33 Å². The zero-order chi connectivity index (χ0) is 9.07. The molecule has 0 aliphatic rings. The van der Waals surface area contributed by atoms with Crippen molar-refractivity contribution < 1.29 is 19.4 Å². The maximum absolute atomic E-state index is 10.6. The fourth-order valence-electron chi connectivity index (χ4n) is 0.354. The van der Waals surface area contributed by atoms with Crippen molar-refractivity contribution in [2.24, 2.45) is 0 Å². The maximum Gasteiger partial charge on any atom is 0.317 e. The summed E-state index contributed by atoms with van der Waals surface area (Å²) in [5.74, 6) is -2.04. The molecule has 0 atom stereocenters. The molecule has 0 aromatic carbocycles. The van der Waals surface area contributed by atoms with Crippen molar-refractivity contribution >= 4 is 27.9 Å². The fourth-order valence-corrected chi connectivity index (χ4v) is 0.468. The first-order valence-electron chi connectivity index (χ1n) is 2.89. The third-order valence-electron chi connectivity index (χ3n) is 0.970. The molecule has 0 aliphatic carbocycles. The Kier molecular flexibility index (Phi) is 3.51. The predicted octanol–water partition coefficient (Wildman–Crippen LogP) is -0.547. The molecule has 0 radical (unpaired) electrons. The lowest BCUT2D eigenvalue weighted by Gasteiger charge is -2.25. The molecule has 11 heavy (non-hydrogen) atoms. The Morgan fingerprint density at radius 3 is 2.27 bits per heavy atom. The van der Waals surface area contributed by atoms with Gasteiger partial charge in [0.25, 0.3) is 0 Å². The monoisotopic (exact) mass is 223 g/mol. The van der Waals surface area contributed by atoms with E-state index >= 15 is 0 Å². The number of rotatable bonds is 3. The number of alkyl halides is 1. The van der Waals surface area contributed by atoms with Gasteiger partial charge in [0.05, 0.1) is 5.97 Å². The Morgan fingerprint density at radius 1 is 1.55 bits per heavy atom. The lowest BCUT2D eigenvalue weighted by Crippen LogP contribution is -2.47. The van der Waals surface area contributed by atoms with E-state index < -0.39 is 17.5 Å². The number of hydrogen-bond donors (Lipinski definition) is 0. The summed E-state index contributed by atoms with van der Waals surface area (Å²) in [5, 5.41) is 10.2. The summed E-state index contributed by atoms with van der Waals surface area (Å²) in [5.41, 5.74) is -1.55. The van der Waals surface area contributed by atoms with Gasteiger partial charge in [0.15, 0.2) is 0 Å². The molecule has 0 saturated carbocycles. The van der Waals surface area contributed by atoms with Crippen LogP contribution in [0, 0.1) is 0 Å². The molecule has 0 unspecified atom stereocenters. The van der Waals surface area contributed by atoms with Crippen LogP contribution in [-0.4, -0.2) is 22.9 Å². The second kappa shape index (κ2) is 3.71. The number of esters is 1. The van der Waals surface area contributed by atoms with E-state index in [9.17, 15) is 14.7 Å². The SMILES string of the molecule is CC(C)(OC(=O)CBr)C(=O)[O-]. The van der Waals surface area contributed by atoms with Gasteiger partial charge >= 0.3 is 5.97 Å². The third-order valence-corrected chi connectivity index (χ3v) is 1.43. The number of carbonyl (C=O) groups is 2. The van der Waals surface area contributed by atoms with E-state index in [4.69, 9.17) is 0 Å². The molecule has 0 N–H and O–H groups in total. The molecular formula is C6H8BrO4-. The van der Waals surface area contributed by atoms with Gasteiger partial charge in [0.2, 0.25) is 0 Å². The first kappa shape index (κ1) is 10.4. The third kappa shape index (κ3) is 3.36. The van der Waals surface area contributed by atoms with Crippen LogP contribution in [0.25, 0.3) is 0 Å². The van der Waals surface area contributed by atoms with E-state index in [1.807, 2.05) is 0 Å². The molecule has 0 saturated heterocycles. The van der Waals surface area contributed by atoms with Crippen LogP contribution in [0.15, 0.2) is 0 Å². The van der Waals surface area contributed by atoms with E-state index in [2.05, 4.69) is 20.7 Å². The zero-order valence-electron chi connectivity index (χ0n) is 6.22. The molecule has 4 nitrogen and oxygen atoms in total. The molecule has 0 aromatic rings. The maximum atomic E-state index is 10.6. The number of carboxylic acid groups (broad SMARTS) is 1. The smallest absolute Gasteiger partial charge is 0.317 e. The van der Waals surface area contributed by atoms with Crippen LogP contribution in [0.2, 0.25) is 0 Å². The van der Waals surface area contributed by atoms with Crippen LogP contribution in [0.4, 0.5) is 0 Å². The molecule has 0 spiro atoms. The van der Waals surface area contributed by atoms with E-state index in [0.717, 1.165) is 0 Å². The number of hydrogen-bond acceptors (Lipinski definition) is 4. The summed E-state index contributed by atoms with van der Waals surface area (Å²) in [4.78, 5) is 20.8. The van der Waals surface area contributed by atoms with Gasteiger partial charge in [-0.3, -0.25) is 4.79 Å². The minimum atomic E-state index is -1.55. The van der Waals surface area contributed by atoms with Crippen LogP contribution in [0.1, 0.15) is 13.8 Å². The van der Waals surface area contributed by atoms with Crippen molar-refractivity contribution in [3.63, 3.8) is 0 Å². The summed E-state index contributed by atoms with van der Waals surface area (Å²) in [6.45, 7) is 2.51. The Labute approximate surface area is 72.7 Å². The van der Waals surface area contributed by atoms with Gasteiger partial charge in [0, 0.05) is 0 Å². The van der Waals surface area contributed by atoms with Gasteiger partial charge in [-0.1, -0.05) is 15.9 Å². The second-order valence-electron chi connectivity index (χ2n) is 2.41. The van der Waals surface area contributed by atoms with Gasteiger partial charge in [-0.2, -0.15) is 0 Å². The molecular weight excluding hydrogens is 216 g/mol. The highest BCUT2D eigenvalue weighted by atomic mass is 79.9. The lowest BCUT2D eigenvalue weighted by atomic mass is 10.1. The van der Waals surface area contributed by atoms with Gasteiger partial charge in [-0.25, -0.2) is 0 Å². The Hall–Kier alpha value is -0.580. The Balaban J connectivity index is 4.12. The Morgan fingerprint density at radius 2 is 2.00 bits per heavy atom. The first-order valence-corrected chi connectivity index (χ1v) is 4.01. The molecule has 5 heteroatoms. The van der Waals surface area contributed by atoms with E-state index in [1.165, 1.54) is 13.8 Å². The first-order chi connectivity index (χ1) is 4.90. The average Bonchev–Trinajstić information content (AvgIpc) is 1.86. The minimum absolute atomic E-state index is 0.0241. The molecule has 0 aliphatic heterocycles. The summed E-state index contributed by atoms with van der Waals surface area (Å²) in [7, 11) is 0. The van der Waals surface area contributed by atoms with Crippen LogP contribution in [0.5, 0.6) is 0 Å². The Bertz CT molecular complexity index is 175. The lowest BCUT2D eigenvalue weighted by molar-refractivity contribution is -0.323. The number of halogens is 1. The van der Waals surface area contributed by atoms with Crippen molar-refractivity contribution in [2.75, 3.05) is 5.33 Å². The van der Waals surface area contributed by atoms with Crippen molar-refractivity contribution in [2.45, 2.75) is 19.4 Å². The zero-order valence-corrected chi connectivity index (χ0v) is 7.80. The number of ether oxygens (including phenoxy) is 1. The highest BCUT2D eigenvalue weighted by Crippen LogP contribution is 2.08. The second-order valence-corrected chi connectivity index (χ2v) is 2.97. The van der Waals surface area contributed by atoms with Crippen LogP contribution >= 0.6 is 15.9 Å². The van der Waals surface area contributed by atoms with Crippen molar-refractivity contribution in [1.82, 2.24) is 0 Å². The number of carboxylic acids is 1. The topological polar surface area (TPSA) is 66.4 Å². The number of carbonyl (C=O) groups excluding carboxylic acids is 2. The van der Waals surface area contributed by atoms with Crippen molar-refractivity contribution in [3.8, 4) is 0 Å². The van der Waals surface area contributed by atoms with Gasteiger partial charge < -0.3 is 14.6 Å². The number of aliphatic carboxylic acids is 1.